The minimum atomic E-state index is -2.87. The normalized spacial score (nSPS) is 18.1. The van der Waals surface area contributed by atoms with Crippen molar-refractivity contribution in [3.8, 4) is 0 Å². The van der Waals surface area contributed by atoms with Crippen LogP contribution < -0.4 is 0 Å². The number of sulfone groups is 1. The van der Waals surface area contributed by atoms with Gasteiger partial charge in [-0.2, -0.15) is 0 Å². The van der Waals surface area contributed by atoms with Gasteiger partial charge in [-0.05, 0) is 19.3 Å². The minimum Gasteiger partial charge on any atom is -0.396 e. The molecule has 0 spiro atoms. The number of rotatable bonds is 7. The van der Waals surface area contributed by atoms with Gasteiger partial charge in [0.2, 0.25) is 0 Å². The van der Waals surface area contributed by atoms with Gasteiger partial charge >= 0.3 is 0 Å². The quantitative estimate of drug-likeness (QED) is 0.688. The molecule has 0 aliphatic heterocycles. The van der Waals surface area contributed by atoms with Crippen molar-refractivity contribution in [3.63, 3.8) is 0 Å². The van der Waals surface area contributed by atoms with Crippen molar-refractivity contribution in [3.05, 3.63) is 0 Å². The molecule has 15 heavy (non-hydrogen) atoms. The molecule has 1 fully saturated rings. The maximum absolute atomic E-state index is 11.1. The van der Waals surface area contributed by atoms with Gasteiger partial charge in [0, 0.05) is 32.0 Å². The molecule has 1 N–H and O–H groups in total. The van der Waals surface area contributed by atoms with E-state index in [0.717, 1.165) is 13.0 Å². The lowest BCUT2D eigenvalue weighted by Gasteiger charge is -2.37. The third kappa shape index (κ3) is 4.95. The lowest BCUT2D eigenvalue weighted by molar-refractivity contribution is 0.124. The van der Waals surface area contributed by atoms with Crippen LogP contribution in [0.25, 0.3) is 0 Å². The summed E-state index contributed by atoms with van der Waals surface area (Å²) in [4.78, 5) is 2.21. The predicted molar refractivity (Wildman–Crippen MR) is 60.6 cm³/mol. The van der Waals surface area contributed by atoms with Gasteiger partial charge in [0.25, 0.3) is 0 Å². The first-order chi connectivity index (χ1) is 7.03. The summed E-state index contributed by atoms with van der Waals surface area (Å²) in [6, 6.07) is 0.554. The first kappa shape index (κ1) is 12.9. The third-order valence-corrected chi connectivity index (χ3v) is 3.87. The van der Waals surface area contributed by atoms with Crippen LogP contribution in [0, 0.1) is 0 Å². The molecule has 0 atom stereocenters. The van der Waals surface area contributed by atoms with Gasteiger partial charge in [0.1, 0.15) is 9.84 Å². The Kier molecular flexibility index (Phi) is 5.02. The molecule has 0 aromatic rings. The molecule has 0 saturated heterocycles. The van der Waals surface area contributed by atoms with Crippen molar-refractivity contribution < 1.29 is 13.5 Å². The van der Waals surface area contributed by atoms with Crippen LogP contribution in [0.3, 0.4) is 0 Å². The van der Waals surface area contributed by atoms with E-state index in [-0.39, 0.29) is 12.4 Å². The standard InChI is InChI=1S/C10H21NO3S/c1-15(13,14)9-7-11(6-3-8-12)10-4-2-5-10/h10,12H,2-9H2,1H3. The molecule has 0 bridgehead atoms. The zero-order valence-electron chi connectivity index (χ0n) is 9.35. The van der Waals surface area contributed by atoms with Crippen molar-refractivity contribution in [2.75, 3.05) is 31.7 Å². The Morgan fingerprint density at radius 3 is 2.40 bits per heavy atom. The fourth-order valence-electron chi connectivity index (χ4n) is 1.79. The SMILES string of the molecule is CS(=O)(=O)CCN(CCCO)C1CCC1. The average molecular weight is 235 g/mol. The monoisotopic (exact) mass is 235 g/mol. The van der Waals surface area contributed by atoms with Crippen LogP contribution in [0.2, 0.25) is 0 Å². The van der Waals surface area contributed by atoms with Crippen molar-refractivity contribution >= 4 is 9.84 Å². The van der Waals surface area contributed by atoms with Crippen molar-refractivity contribution in [1.29, 1.82) is 0 Å². The first-order valence-corrected chi connectivity index (χ1v) is 7.61. The molecule has 0 radical (unpaired) electrons. The van der Waals surface area contributed by atoms with Crippen LogP contribution >= 0.6 is 0 Å². The maximum atomic E-state index is 11.1. The molecular formula is C10H21NO3S. The number of aliphatic hydroxyl groups excluding tert-OH is 1. The zero-order chi connectivity index (χ0) is 11.3. The van der Waals surface area contributed by atoms with Crippen LogP contribution in [0.15, 0.2) is 0 Å². The van der Waals surface area contributed by atoms with E-state index in [1.807, 2.05) is 0 Å². The highest BCUT2D eigenvalue weighted by atomic mass is 32.2. The average Bonchev–Trinajstić information content (AvgIpc) is 2.05. The highest BCUT2D eigenvalue weighted by Crippen LogP contribution is 2.24. The fraction of sp³-hybridized carbons (Fsp3) is 1.00. The largest absolute Gasteiger partial charge is 0.396 e. The number of nitrogens with zero attached hydrogens (tertiary/aromatic N) is 1. The van der Waals surface area contributed by atoms with E-state index in [2.05, 4.69) is 4.90 Å². The molecule has 4 nitrogen and oxygen atoms in total. The van der Waals surface area contributed by atoms with E-state index in [1.54, 1.807) is 0 Å². The summed E-state index contributed by atoms with van der Waals surface area (Å²) in [5.41, 5.74) is 0. The van der Waals surface area contributed by atoms with Gasteiger partial charge in [-0.1, -0.05) is 6.42 Å². The molecule has 1 saturated carbocycles. The summed E-state index contributed by atoms with van der Waals surface area (Å²) in [7, 11) is -2.87. The second-order valence-corrected chi connectivity index (χ2v) is 6.59. The Bertz CT molecular complexity index is 272. The molecule has 0 aromatic carbocycles. The fourth-order valence-corrected chi connectivity index (χ4v) is 2.35. The molecule has 1 aliphatic carbocycles. The molecular weight excluding hydrogens is 214 g/mol. The Balaban J connectivity index is 2.34. The third-order valence-electron chi connectivity index (χ3n) is 2.94. The molecule has 90 valence electrons. The van der Waals surface area contributed by atoms with Crippen LogP contribution in [0.4, 0.5) is 0 Å². The van der Waals surface area contributed by atoms with Gasteiger partial charge in [0.05, 0.1) is 5.75 Å². The molecule has 0 aromatic heterocycles. The summed E-state index contributed by atoms with van der Waals surface area (Å²) in [6.07, 6.45) is 5.61. The zero-order valence-corrected chi connectivity index (χ0v) is 10.2. The van der Waals surface area contributed by atoms with E-state index in [1.165, 1.54) is 25.5 Å². The maximum Gasteiger partial charge on any atom is 0.148 e. The van der Waals surface area contributed by atoms with Crippen LogP contribution in [0.1, 0.15) is 25.7 Å². The van der Waals surface area contributed by atoms with E-state index in [4.69, 9.17) is 5.11 Å². The summed E-state index contributed by atoms with van der Waals surface area (Å²) >= 11 is 0. The predicted octanol–water partition coefficient (Wildman–Crippen LogP) is 0.268. The van der Waals surface area contributed by atoms with Crippen LogP contribution in [-0.2, 0) is 9.84 Å². The van der Waals surface area contributed by atoms with Gasteiger partial charge in [-0.3, -0.25) is 4.90 Å². The second-order valence-electron chi connectivity index (χ2n) is 4.33. The van der Waals surface area contributed by atoms with E-state index in [0.29, 0.717) is 12.6 Å². The molecule has 0 heterocycles. The summed E-state index contributed by atoms with van der Waals surface area (Å²) in [6.45, 7) is 1.61. The Labute approximate surface area is 92.2 Å². The molecule has 0 unspecified atom stereocenters. The van der Waals surface area contributed by atoms with E-state index >= 15 is 0 Å². The topological polar surface area (TPSA) is 57.6 Å². The van der Waals surface area contributed by atoms with Crippen LogP contribution in [0.5, 0.6) is 0 Å². The Morgan fingerprint density at radius 1 is 1.33 bits per heavy atom. The lowest BCUT2D eigenvalue weighted by atomic mass is 9.91. The summed E-state index contributed by atoms with van der Waals surface area (Å²) < 4.78 is 22.1. The van der Waals surface area contributed by atoms with Gasteiger partial charge in [0.15, 0.2) is 0 Å². The molecule has 1 rings (SSSR count). The number of hydrogen-bond donors (Lipinski definition) is 1. The first-order valence-electron chi connectivity index (χ1n) is 5.55. The van der Waals surface area contributed by atoms with Crippen molar-refractivity contribution in [2.45, 2.75) is 31.7 Å². The van der Waals surface area contributed by atoms with Gasteiger partial charge in [-0.15, -0.1) is 0 Å². The molecule has 5 heteroatoms. The Hall–Kier alpha value is -0.130. The van der Waals surface area contributed by atoms with Gasteiger partial charge in [-0.25, -0.2) is 8.42 Å². The highest BCUT2D eigenvalue weighted by molar-refractivity contribution is 7.90. The van der Waals surface area contributed by atoms with Crippen LogP contribution in [-0.4, -0.2) is 56.2 Å². The highest BCUT2D eigenvalue weighted by Gasteiger charge is 2.24. The smallest absolute Gasteiger partial charge is 0.148 e. The second kappa shape index (κ2) is 5.82. The number of aliphatic hydroxyl groups is 1. The summed E-state index contributed by atoms with van der Waals surface area (Å²) in [5.74, 6) is 0.231. The van der Waals surface area contributed by atoms with Gasteiger partial charge < -0.3 is 5.11 Å². The van der Waals surface area contributed by atoms with Crippen molar-refractivity contribution in [2.24, 2.45) is 0 Å². The van der Waals surface area contributed by atoms with Crippen molar-refractivity contribution in [1.82, 2.24) is 4.90 Å². The minimum absolute atomic E-state index is 0.183. The van der Waals surface area contributed by atoms with E-state index in [9.17, 15) is 8.42 Å². The molecule has 1 aliphatic rings. The van der Waals surface area contributed by atoms with E-state index < -0.39 is 9.84 Å². The lowest BCUT2D eigenvalue weighted by Crippen LogP contribution is -2.43. The summed E-state index contributed by atoms with van der Waals surface area (Å²) in [5, 5.41) is 8.77. The number of hydrogen-bond acceptors (Lipinski definition) is 4. The molecule has 0 amide bonds. The Morgan fingerprint density at radius 2 is 2.00 bits per heavy atom.